The normalized spacial score (nSPS) is 18.0. The summed E-state index contributed by atoms with van der Waals surface area (Å²) >= 11 is 0. The van der Waals surface area contributed by atoms with Gasteiger partial charge in [-0.1, -0.05) is 38.1 Å². The first-order valence-electron chi connectivity index (χ1n) is 11.6. The van der Waals surface area contributed by atoms with Gasteiger partial charge in [0.1, 0.15) is 5.75 Å². The molecule has 174 valence electrons. The van der Waals surface area contributed by atoms with E-state index < -0.39 is 17.9 Å². The molecule has 7 heteroatoms. The van der Waals surface area contributed by atoms with Gasteiger partial charge in [-0.3, -0.25) is 14.5 Å². The van der Waals surface area contributed by atoms with Crippen LogP contribution in [0.3, 0.4) is 0 Å². The average Bonchev–Trinajstić information content (AvgIpc) is 3.17. The van der Waals surface area contributed by atoms with Gasteiger partial charge in [0.15, 0.2) is 5.92 Å². The van der Waals surface area contributed by atoms with Crippen LogP contribution in [0.5, 0.6) is 5.75 Å². The number of carbonyl (C=O) groups is 2. The summed E-state index contributed by atoms with van der Waals surface area (Å²) in [6.07, 6.45) is 0.801. The number of hydrogen-bond donors (Lipinski definition) is 0. The highest BCUT2D eigenvalue weighted by Crippen LogP contribution is 2.42. The Hall–Kier alpha value is -3.35. The van der Waals surface area contributed by atoms with Crippen molar-refractivity contribution in [1.82, 2.24) is 9.55 Å². The van der Waals surface area contributed by atoms with Crippen molar-refractivity contribution in [2.45, 2.75) is 40.2 Å². The molecule has 1 aromatic heterocycles. The SMILES string of the molecule is CCOC(=O)[C@@H]1C(=O)N(CCC(C)C)c2nc3ccccc3n2[C@H]1c1cccc(OCC)c1. The number of hydrogen-bond acceptors (Lipinski definition) is 5. The Morgan fingerprint density at radius 3 is 2.61 bits per heavy atom. The molecule has 1 amide bonds. The van der Waals surface area contributed by atoms with Gasteiger partial charge in [0, 0.05) is 6.54 Å². The lowest BCUT2D eigenvalue weighted by molar-refractivity contribution is -0.153. The predicted octanol–water partition coefficient (Wildman–Crippen LogP) is 4.60. The molecular formula is C26H31N3O4. The van der Waals surface area contributed by atoms with Crippen molar-refractivity contribution in [2.24, 2.45) is 11.8 Å². The number of nitrogens with zero attached hydrogens (tertiary/aromatic N) is 3. The third-order valence-corrected chi connectivity index (χ3v) is 5.93. The van der Waals surface area contributed by atoms with E-state index >= 15 is 0 Å². The number of esters is 1. The van der Waals surface area contributed by atoms with Crippen LogP contribution in [-0.4, -0.2) is 41.2 Å². The Morgan fingerprint density at radius 1 is 1.09 bits per heavy atom. The van der Waals surface area contributed by atoms with Gasteiger partial charge in [0.2, 0.25) is 11.9 Å². The van der Waals surface area contributed by atoms with Crippen molar-refractivity contribution in [3.63, 3.8) is 0 Å². The quantitative estimate of drug-likeness (QED) is 0.371. The molecule has 0 aliphatic carbocycles. The summed E-state index contributed by atoms with van der Waals surface area (Å²) < 4.78 is 13.1. The van der Waals surface area contributed by atoms with E-state index in [2.05, 4.69) is 13.8 Å². The van der Waals surface area contributed by atoms with Crippen LogP contribution < -0.4 is 9.64 Å². The molecule has 4 rings (SSSR count). The zero-order valence-electron chi connectivity index (χ0n) is 19.7. The molecule has 0 N–H and O–H groups in total. The Labute approximate surface area is 194 Å². The molecule has 7 nitrogen and oxygen atoms in total. The van der Waals surface area contributed by atoms with E-state index in [-0.39, 0.29) is 12.5 Å². The fraction of sp³-hybridized carbons (Fsp3) is 0.423. The molecule has 1 aliphatic heterocycles. The number of amides is 1. The summed E-state index contributed by atoms with van der Waals surface area (Å²) in [6, 6.07) is 14.8. The maximum Gasteiger partial charge on any atom is 0.321 e. The van der Waals surface area contributed by atoms with Gasteiger partial charge in [-0.25, -0.2) is 4.98 Å². The van der Waals surface area contributed by atoms with Crippen LogP contribution in [0.25, 0.3) is 11.0 Å². The van der Waals surface area contributed by atoms with Crippen LogP contribution in [0.2, 0.25) is 0 Å². The highest BCUT2D eigenvalue weighted by Gasteiger charge is 2.47. The van der Waals surface area contributed by atoms with Crippen LogP contribution >= 0.6 is 0 Å². The minimum Gasteiger partial charge on any atom is -0.494 e. The number of fused-ring (bicyclic) bond motifs is 3. The molecule has 0 bridgehead atoms. The second kappa shape index (κ2) is 9.65. The number of carbonyl (C=O) groups excluding carboxylic acids is 2. The lowest BCUT2D eigenvalue weighted by atomic mass is 9.89. The van der Waals surface area contributed by atoms with Crippen LogP contribution in [0.15, 0.2) is 48.5 Å². The number of para-hydroxylation sites is 2. The summed E-state index contributed by atoms with van der Waals surface area (Å²) in [5.41, 5.74) is 2.46. The molecule has 33 heavy (non-hydrogen) atoms. The van der Waals surface area contributed by atoms with Crippen LogP contribution in [0.4, 0.5) is 5.95 Å². The maximum atomic E-state index is 13.8. The molecule has 2 atom stereocenters. The monoisotopic (exact) mass is 449 g/mol. The minimum atomic E-state index is -1.01. The van der Waals surface area contributed by atoms with E-state index in [9.17, 15) is 9.59 Å². The molecule has 0 spiro atoms. The van der Waals surface area contributed by atoms with Gasteiger partial charge in [0.05, 0.1) is 30.3 Å². The van der Waals surface area contributed by atoms with Gasteiger partial charge < -0.3 is 14.0 Å². The predicted molar refractivity (Wildman–Crippen MR) is 127 cm³/mol. The molecule has 0 fully saturated rings. The van der Waals surface area contributed by atoms with Crippen LogP contribution in [0.1, 0.15) is 45.7 Å². The second-order valence-electron chi connectivity index (χ2n) is 8.62. The largest absolute Gasteiger partial charge is 0.494 e. The van der Waals surface area contributed by atoms with Crippen molar-refractivity contribution < 1.29 is 19.1 Å². The first-order chi connectivity index (χ1) is 16.0. The summed E-state index contributed by atoms with van der Waals surface area (Å²) in [4.78, 5) is 33.5. The summed E-state index contributed by atoms with van der Waals surface area (Å²) in [5.74, 6) is -0.153. The number of imidazole rings is 1. The van der Waals surface area contributed by atoms with Crippen molar-refractivity contribution in [3.8, 4) is 5.75 Å². The van der Waals surface area contributed by atoms with Crippen molar-refractivity contribution in [2.75, 3.05) is 24.7 Å². The Bertz CT molecular complexity index is 1150. The lowest BCUT2D eigenvalue weighted by Gasteiger charge is -2.38. The summed E-state index contributed by atoms with van der Waals surface area (Å²) in [5, 5.41) is 0. The van der Waals surface area contributed by atoms with E-state index in [4.69, 9.17) is 14.5 Å². The number of ether oxygens (including phenoxy) is 2. The number of benzene rings is 2. The van der Waals surface area contributed by atoms with Gasteiger partial charge >= 0.3 is 5.97 Å². The van der Waals surface area contributed by atoms with Gasteiger partial charge in [-0.15, -0.1) is 0 Å². The smallest absolute Gasteiger partial charge is 0.321 e. The molecule has 2 aromatic carbocycles. The first-order valence-corrected chi connectivity index (χ1v) is 11.6. The maximum absolute atomic E-state index is 13.8. The van der Waals surface area contributed by atoms with Gasteiger partial charge in [-0.2, -0.15) is 0 Å². The molecule has 3 aromatic rings. The fourth-order valence-corrected chi connectivity index (χ4v) is 4.40. The van der Waals surface area contributed by atoms with Crippen LogP contribution in [-0.2, 0) is 14.3 Å². The molecule has 0 radical (unpaired) electrons. The third kappa shape index (κ3) is 4.32. The van der Waals surface area contributed by atoms with Crippen molar-refractivity contribution >= 4 is 28.9 Å². The van der Waals surface area contributed by atoms with Gasteiger partial charge in [-0.05, 0) is 56.0 Å². The standard InChI is InChI=1S/C26H31N3O4/c1-5-32-19-11-9-10-18(16-19)23-22(25(31)33-6-2)24(30)28(15-14-17(3)4)26-27-20-12-7-8-13-21(20)29(23)26/h7-13,16-17,22-23H,5-6,14-15H2,1-4H3/t22-,23-/m0/s1. The lowest BCUT2D eigenvalue weighted by Crippen LogP contribution is -2.50. The van der Waals surface area contributed by atoms with E-state index in [0.717, 1.165) is 23.0 Å². The summed E-state index contributed by atoms with van der Waals surface area (Å²) in [6.45, 7) is 9.12. The minimum absolute atomic E-state index is 0.206. The second-order valence-corrected chi connectivity index (χ2v) is 8.62. The number of rotatable bonds is 8. The number of aromatic nitrogens is 2. The summed E-state index contributed by atoms with van der Waals surface area (Å²) in [7, 11) is 0. The highest BCUT2D eigenvalue weighted by molar-refractivity contribution is 6.08. The number of anilines is 1. The van der Waals surface area contributed by atoms with Crippen LogP contribution in [0, 0.1) is 11.8 Å². The Kier molecular flexibility index (Phi) is 6.67. The molecule has 0 unspecified atom stereocenters. The molecule has 2 heterocycles. The molecule has 1 aliphatic rings. The third-order valence-electron chi connectivity index (χ3n) is 5.93. The molecular weight excluding hydrogens is 418 g/mol. The Balaban J connectivity index is 1.95. The van der Waals surface area contributed by atoms with Crippen molar-refractivity contribution in [3.05, 3.63) is 54.1 Å². The topological polar surface area (TPSA) is 73.7 Å². The molecule has 0 saturated carbocycles. The highest BCUT2D eigenvalue weighted by atomic mass is 16.5. The zero-order valence-corrected chi connectivity index (χ0v) is 19.7. The van der Waals surface area contributed by atoms with Gasteiger partial charge in [0.25, 0.3) is 0 Å². The zero-order chi connectivity index (χ0) is 23.5. The van der Waals surface area contributed by atoms with Crippen molar-refractivity contribution in [1.29, 1.82) is 0 Å². The van der Waals surface area contributed by atoms with E-state index in [1.807, 2.05) is 60.0 Å². The molecule has 0 saturated heterocycles. The van der Waals surface area contributed by atoms with E-state index in [1.54, 1.807) is 11.8 Å². The Morgan fingerprint density at radius 2 is 1.88 bits per heavy atom. The van der Waals surface area contributed by atoms with E-state index in [0.29, 0.717) is 30.8 Å². The van der Waals surface area contributed by atoms with E-state index in [1.165, 1.54) is 0 Å². The fourth-order valence-electron chi connectivity index (χ4n) is 4.40. The average molecular weight is 450 g/mol. The first kappa shape index (κ1) is 22.8.